The lowest BCUT2D eigenvalue weighted by Crippen LogP contribution is -2.18. The zero-order valence-electron chi connectivity index (χ0n) is 16.9. The molecule has 2 aliphatic heterocycles. The van der Waals surface area contributed by atoms with E-state index in [1.54, 1.807) is 22.9 Å². The molecule has 0 atom stereocenters. The predicted molar refractivity (Wildman–Crippen MR) is 127 cm³/mol. The van der Waals surface area contributed by atoms with Crippen molar-refractivity contribution >= 4 is 23.2 Å². The number of hydrogen-bond acceptors (Lipinski definition) is 3. The Morgan fingerprint density at radius 2 is 1.56 bits per heavy atom. The lowest BCUT2D eigenvalue weighted by atomic mass is 10.1. The Labute approximate surface area is 194 Å². The van der Waals surface area contributed by atoms with Crippen LogP contribution >= 0.6 is 23.2 Å². The van der Waals surface area contributed by atoms with Crippen molar-refractivity contribution in [3.8, 4) is 17.1 Å². The minimum absolute atomic E-state index is 0.175. The molecule has 0 saturated carbocycles. The SMILES string of the molecule is O=c1c(Cc2ccc(Cl)nc2Cl)nc2c(Cc3ccccc3)[nH]c(-c3ccccc3)cn1-2. The molecule has 0 bridgehead atoms. The zero-order valence-corrected chi connectivity index (χ0v) is 18.4. The average molecular weight is 461 g/mol. The van der Waals surface area contributed by atoms with Crippen LogP contribution in [0.5, 0.6) is 0 Å². The largest absolute Gasteiger partial charge is 0.354 e. The van der Waals surface area contributed by atoms with Crippen molar-refractivity contribution < 1.29 is 0 Å². The Balaban J connectivity index is 1.65. The molecule has 0 fully saturated rings. The van der Waals surface area contributed by atoms with Crippen LogP contribution in [0.25, 0.3) is 17.1 Å². The maximum Gasteiger partial charge on any atom is 0.278 e. The van der Waals surface area contributed by atoms with Crippen LogP contribution in [0.3, 0.4) is 0 Å². The molecule has 0 unspecified atom stereocenters. The van der Waals surface area contributed by atoms with E-state index in [0.717, 1.165) is 22.5 Å². The first kappa shape index (κ1) is 20.5. The van der Waals surface area contributed by atoms with Gasteiger partial charge in [0, 0.05) is 19.0 Å². The normalized spacial score (nSPS) is 11.2. The van der Waals surface area contributed by atoms with Gasteiger partial charge in [-0.05, 0) is 22.8 Å². The van der Waals surface area contributed by atoms with E-state index < -0.39 is 0 Å². The molecule has 2 aromatic carbocycles. The lowest BCUT2D eigenvalue weighted by Gasteiger charge is -2.13. The van der Waals surface area contributed by atoms with Crippen molar-refractivity contribution in [1.29, 1.82) is 0 Å². The molecule has 0 spiro atoms. The molecular weight excluding hydrogens is 443 g/mol. The quantitative estimate of drug-likeness (QED) is 0.349. The van der Waals surface area contributed by atoms with E-state index in [1.165, 1.54) is 0 Å². The van der Waals surface area contributed by atoms with Gasteiger partial charge in [0.15, 0.2) is 5.82 Å². The van der Waals surface area contributed by atoms with Gasteiger partial charge in [-0.25, -0.2) is 9.97 Å². The first-order chi connectivity index (χ1) is 15.6. The van der Waals surface area contributed by atoms with Crippen LogP contribution in [0.1, 0.15) is 22.5 Å². The number of rotatable bonds is 5. The maximum atomic E-state index is 13.3. The molecule has 0 amide bonds. The number of aromatic nitrogens is 4. The fourth-order valence-corrected chi connectivity index (χ4v) is 4.14. The first-order valence-corrected chi connectivity index (χ1v) is 10.9. The van der Waals surface area contributed by atoms with Gasteiger partial charge in [0.1, 0.15) is 16.0 Å². The van der Waals surface area contributed by atoms with Gasteiger partial charge in [-0.1, -0.05) is 89.9 Å². The summed E-state index contributed by atoms with van der Waals surface area (Å²) in [4.78, 5) is 25.6. The van der Waals surface area contributed by atoms with Crippen molar-refractivity contribution in [2.45, 2.75) is 12.8 Å². The molecule has 0 saturated heterocycles. The molecule has 5 rings (SSSR count). The van der Waals surface area contributed by atoms with Gasteiger partial charge >= 0.3 is 0 Å². The Hall–Kier alpha value is -3.41. The summed E-state index contributed by atoms with van der Waals surface area (Å²) >= 11 is 12.1. The number of hydrogen-bond donors (Lipinski definition) is 1. The standard InChI is InChI=1S/C25H18Cl2N4O/c26-22-12-11-18(23(27)30-22)14-20-25(32)31-15-21(17-9-5-2-6-10-17)28-19(24(31)29-20)13-16-7-3-1-4-8-16/h1-12,15,28H,13-14H2. The second-order valence-electron chi connectivity index (χ2n) is 7.49. The van der Waals surface area contributed by atoms with Crippen molar-refractivity contribution in [1.82, 2.24) is 19.5 Å². The number of imidazole rings is 1. The van der Waals surface area contributed by atoms with Gasteiger partial charge in [-0.3, -0.25) is 9.36 Å². The van der Waals surface area contributed by atoms with Crippen LogP contribution in [-0.2, 0) is 12.8 Å². The number of aromatic amines is 1. The molecule has 3 heterocycles. The highest BCUT2D eigenvalue weighted by Crippen LogP contribution is 2.24. The molecule has 1 N–H and O–H groups in total. The average Bonchev–Trinajstić information content (AvgIpc) is 3.13. The Bertz CT molecular complexity index is 1410. The van der Waals surface area contributed by atoms with E-state index in [9.17, 15) is 4.79 Å². The second-order valence-corrected chi connectivity index (χ2v) is 8.24. The number of H-pyrrole nitrogens is 1. The minimum Gasteiger partial charge on any atom is -0.354 e. The summed E-state index contributed by atoms with van der Waals surface area (Å²) in [6.45, 7) is 0. The maximum absolute atomic E-state index is 13.3. The van der Waals surface area contributed by atoms with Crippen LogP contribution in [0.15, 0.2) is 83.8 Å². The molecule has 5 nitrogen and oxygen atoms in total. The number of nitrogens with one attached hydrogen (secondary N) is 1. The third-order valence-electron chi connectivity index (χ3n) is 5.31. The number of benzene rings is 2. The van der Waals surface area contributed by atoms with Crippen LogP contribution in [0.4, 0.5) is 0 Å². The minimum atomic E-state index is -0.175. The third-order valence-corrected chi connectivity index (χ3v) is 5.84. The van der Waals surface area contributed by atoms with E-state index in [-0.39, 0.29) is 17.1 Å². The van der Waals surface area contributed by atoms with E-state index in [2.05, 4.69) is 22.1 Å². The monoisotopic (exact) mass is 460 g/mol. The Morgan fingerprint density at radius 1 is 0.844 bits per heavy atom. The van der Waals surface area contributed by atoms with E-state index in [4.69, 9.17) is 28.2 Å². The summed E-state index contributed by atoms with van der Waals surface area (Å²) in [7, 11) is 0. The highest BCUT2D eigenvalue weighted by atomic mass is 35.5. The van der Waals surface area contributed by atoms with Crippen molar-refractivity contribution in [3.63, 3.8) is 0 Å². The smallest absolute Gasteiger partial charge is 0.278 e. The summed E-state index contributed by atoms with van der Waals surface area (Å²) in [5.41, 5.74) is 4.75. The van der Waals surface area contributed by atoms with Crippen molar-refractivity contribution in [2.24, 2.45) is 0 Å². The third kappa shape index (κ3) is 4.05. The van der Waals surface area contributed by atoms with Gasteiger partial charge in [0.2, 0.25) is 0 Å². The van der Waals surface area contributed by atoms with E-state index >= 15 is 0 Å². The van der Waals surface area contributed by atoms with Gasteiger partial charge in [-0.2, -0.15) is 0 Å². The zero-order chi connectivity index (χ0) is 22.1. The number of fused-ring (bicyclic) bond motifs is 1. The predicted octanol–water partition coefficient (Wildman–Crippen LogP) is 5.55. The molecule has 0 aliphatic carbocycles. The molecule has 3 aromatic rings. The van der Waals surface area contributed by atoms with Crippen molar-refractivity contribution in [3.05, 3.63) is 122 Å². The molecule has 32 heavy (non-hydrogen) atoms. The van der Waals surface area contributed by atoms with Gasteiger partial charge in [0.05, 0.1) is 11.4 Å². The highest BCUT2D eigenvalue weighted by Gasteiger charge is 2.21. The lowest BCUT2D eigenvalue weighted by molar-refractivity contribution is 0.914. The summed E-state index contributed by atoms with van der Waals surface area (Å²) in [6.07, 6.45) is 2.69. The molecule has 2 aliphatic rings. The Morgan fingerprint density at radius 3 is 2.28 bits per heavy atom. The van der Waals surface area contributed by atoms with Crippen LogP contribution in [0.2, 0.25) is 10.3 Å². The summed E-state index contributed by atoms with van der Waals surface area (Å²) in [6, 6.07) is 23.4. The van der Waals surface area contributed by atoms with Gasteiger partial charge in [-0.15, -0.1) is 0 Å². The second kappa shape index (κ2) is 8.61. The van der Waals surface area contributed by atoms with Crippen LogP contribution < -0.4 is 5.56 Å². The van der Waals surface area contributed by atoms with Crippen LogP contribution in [-0.4, -0.2) is 19.5 Å². The first-order valence-electron chi connectivity index (χ1n) is 10.1. The number of nitrogens with zero attached hydrogens (tertiary/aromatic N) is 3. The fraction of sp³-hybridized carbons (Fsp3) is 0.0800. The number of halogens is 2. The molecule has 7 heteroatoms. The summed E-state index contributed by atoms with van der Waals surface area (Å²) < 4.78 is 1.61. The molecule has 1 aromatic heterocycles. The van der Waals surface area contributed by atoms with Crippen LogP contribution in [0, 0.1) is 0 Å². The molecule has 158 valence electrons. The summed E-state index contributed by atoms with van der Waals surface area (Å²) in [5.74, 6) is 0.603. The number of pyridine rings is 1. The summed E-state index contributed by atoms with van der Waals surface area (Å²) in [5, 5.41) is 0.582. The molecule has 0 radical (unpaired) electrons. The van der Waals surface area contributed by atoms with Gasteiger partial charge in [0.25, 0.3) is 5.56 Å². The Kier molecular flexibility index (Phi) is 5.52. The fourth-order valence-electron chi connectivity index (χ4n) is 3.73. The topological polar surface area (TPSA) is 63.6 Å². The van der Waals surface area contributed by atoms with Crippen molar-refractivity contribution in [2.75, 3.05) is 0 Å². The molecular formula is C25H18Cl2N4O. The highest BCUT2D eigenvalue weighted by molar-refractivity contribution is 6.32. The van der Waals surface area contributed by atoms with E-state index in [1.807, 2.05) is 48.5 Å². The van der Waals surface area contributed by atoms with E-state index in [0.29, 0.717) is 28.6 Å². The van der Waals surface area contributed by atoms with Gasteiger partial charge < -0.3 is 4.98 Å².